The minimum absolute atomic E-state index is 0.00552. The second-order valence-corrected chi connectivity index (χ2v) is 11.4. The predicted molar refractivity (Wildman–Crippen MR) is 130 cm³/mol. The van der Waals surface area contributed by atoms with E-state index in [1.165, 1.54) is 46.0 Å². The van der Waals surface area contributed by atoms with Gasteiger partial charge in [-0.25, -0.2) is 12.8 Å². The number of sulfonamides is 1. The molecule has 4 rings (SSSR count). The number of methoxy groups -OCH3 is 1. The van der Waals surface area contributed by atoms with Gasteiger partial charge in [-0.3, -0.25) is 4.79 Å². The lowest BCUT2D eigenvalue weighted by molar-refractivity contribution is 0.0997. The first-order valence-electron chi connectivity index (χ1n) is 11.3. The highest BCUT2D eigenvalue weighted by molar-refractivity contribution is 7.89. The van der Waals surface area contributed by atoms with Crippen molar-refractivity contribution in [2.75, 3.05) is 20.8 Å². The summed E-state index contributed by atoms with van der Waals surface area (Å²) in [4.78, 5) is 17.6. The van der Waals surface area contributed by atoms with Gasteiger partial charge < -0.3 is 9.30 Å². The van der Waals surface area contributed by atoms with E-state index >= 15 is 0 Å². The van der Waals surface area contributed by atoms with Crippen LogP contribution in [0.3, 0.4) is 0 Å². The Bertz CT molecular complexity index is 1340. The van der Waals surface area contributed by atoms with E-state index in [0.717, 1.165) is 32.1 Å². The van der Waals surface area contributed by atoms with Crippen LogP contribution in [0.25, 0.3) is 10.2 Å². The molecule has 0 bridgehead atoms. The van der Waals surface area contributed by atoms with Crippen molar-refractivity contribution in [1.82, 2.24) is 8.87 Å². The van der Waals surface area contributed by atoms with Crippen LogP contribution in [0.2, 0.25) is 0 Å². The number of aromatic nitrogens is 1. The Morgan fingerprint density at radius 3 is 2.56 bits per heavy atom. The Kier molecular flexibility index (Phi) is 7.61. The zero-order chi connectivity index (χ0) is 24.3. The Labute approximate surface area is 202 Å². The van der Waals surface area contributed by atoms with E-state index in [1.807, 2.05) is 0 Å². The van der Waals surface area contributed by atoms with Gasteiger partial charge >= 0.3 is 0 Å². The van der Waals surface area contributed by atoms with E-state index in [0.29, 0.717) is 28.2 Å². The highest BCUT2D eigenvalue weighted by Crippen LogP contribution is 2.27. The normalized spacial score (nSPS) is 15.9. The third-order valence-electron chi connectivity index (χ3n) is 6.24. The molecule has 1 heterocycles. The molecule has 10 heteroatoms. The molecule has 1 aliphatic carbocycles. The zero-order valence-corrected chi connectivity index (χ0v) is 20.9. The first-order valence-corrected chi connectivity index (χ1v) is 13.5. The van der Waals surface area contributed by atoms with E-state index in [1.54, 1.807) is 30.9 Å². The van der Waals surface area contributed by atoms with Crippen molar-refractivity contribution in [2.45, 2.75) is 49.6 Å². The molecule has 0 spiro atoms. The largest absolute Gasteiger partial charge is 0.383 e. The second-order valence-electron chi connectivity index (χ2n) is 8.37. The summed E-state index contributed by atoms with van der Waals surface area (Å²) in [5.74, 6) is -0.918. The van der Waals surface area contributed by atoms with Crippen LogP contribution in [0.15, 0.2) is 52.4 Å². The minimum atomic E-state index is -3.65. The first-order chi connectivity index (χ1) is 16.3. The molecule has 1 aliphatic rings. The van der Waals surface area contributed by atoms with Crippen LogP contribution in [0.4, 0.5) is 4.39 Å². The average molecular weight is 506 g/mol. The lowest BCUT2D eigenvalue weighted by atomic mass is 9.96. The van der Waals surface area contributed by atoms with Crippen molar-refractivity contribution in [3.8, 4) is 0 Å². The summed E-state index contributed by atoms with van der Waals surface area (Å²) < 4.78 is 49.5. The number of carbonyl (C=O) groups is 1. The lowest BCUT2D eigenvalue weighted by Crippen LogP contribution is -2.38. The second kappa shape index (κ2) is 10.5. The van der Waals surface area contributed by atoms with Gasteiger partial charge in [-0.2, -0.15) is 9.30 Å². The summed E-state index contributed by atoms with van der Waals surface area (Å²) in [5, 5.41) is 0. The van der Waals surface area contributed by atoms with E-state index < -0.39 is 21.7 Å². The Hall–Kier alpha value is -2.40. The molecule has 0 N–H and O–H groups in total. The number of hydrogen-bond acceptors (Lipinski definition) is 5. The number of thiazole rings is 1. The maximum absolute atomic E-state index is 14.5. The molecule has 7 nitrogen and oxygen atoms in total. The molecule has 0 atom stereocenters. The molecular weight excluding hydrogens is 477 g/mol. The van der Waals surface area contributed by atoms with Crippen molar-refractivity contribution in [2.24, 2.45) is 4.99 Å². The van der Waals surface area contributed by atoms with Gasteiger partial charge in [-0.05, 0) is 49.2 Å². The fourth-order valence-corrected chi connectivity index (χ4v) is 6.78. The summed E-state index contributed by atoms with van der Waals surface area (Å²) >= 11 is 1.22. The number of nitrogens with zero attached hydrogens (tertiary/aromatic N) is 3. The monoisotopic (exact) mass is 505 g/mol. The Balaban J connectivity index is 1.62. The van der Waals surface area contributed by atoms with Crippen molar-refractivity contribution >= 4 is 37.5 Å². The van der Waals surface area contributed by atoms with Gasteiger partial charge in [0, 0.05) is 32.3 Å². The highest BCUT2D eigenvalue weighted by atomic mass is 32.2. The van der Waals surface area contributed by atoms with Crippen molar-refractivity contribution in [3.63, 3.8) is 0 Å². The summed E-state index contributed by atoms with van der Waals surface area (Å²) in [6, 6.07) is 10.6. The topological polar surface area (TPSA) is 81.0 Å². The third-order valence-corrected chi connectivity index (χ3v) is 9.20. The van der Waals surface area contributed by atoms with Crippen LogP contribution in [-0.4, -0.2) is 50.0 Å². The molecule has 1 fully saturated rings. The molecule has 0 saturated heterocycles. The number of hydrogen-bond donors (Lipinski definition) is 0. The smallest absolute Gasteiger partial charge is 0.279 e. The van der Waals surface area contributed by atoms with Gasteiger partial charge in [0.2, 0.25) is 10.0 Å². The van der Waals surface area contributed by atoms with E-state index in [-0.39, 0.29) is 16.5 Å². The molecular formula is C24H28FN3O4S2. The minimum Gasteiger partial charge on any atom is -0.383 e. The fourth-order valence-electron chi connectivity index (χ4n) is 4.29. The summed E-state index contributed by atoms with van der Waals surface area (Å²) in [5.41, 5.74) is 0.638. The molecule has 0 radical (unpaired) electrons. The third kappa shape index (κ3) is 5.00. The number of fused-ring (bicyclic) bond motifs is 1. The molecule has 34 heavy (non-hydrogen) atoms. The fraction of sp³-hybridized carbons (Fsp3) is 0.417. The SMILES string of the molecule is COCCn1c(=NC(=O)c2ccc(S(=O)(=O)N(C)C3CCCCC3)cc2)sc2cccc(F)c21. The molecule has 1 amide bonds. The molecule has 1 aromatic heterocycles. The Morgan fingerprint density at radius 1 is 1.18 bits per heavy atom. The first kappa shape index (κ1) is 24.7. The van der Waals surface area contributed by atoms with E-state index in [9.17, 15) is 17.6 Å². The van der Waals surface area contributed by atoms with Crippen LogP contribution >= 0.6 is 11.3 Å². The number of rotatable bonds is 7. The number of para-hydroxylation sites is 1. The number of ether oxygens (including phenoxy) is 1. The van der Waals surface area contributed by atoms with Crippen LogP contribution in [0, 0.1) is 5.82 Å². The number of amides is 1. The standard InChI is InChI=1S/C24H28FN3O4S2/c1-27(18-7-4-3-5-8-18)34(30,31)19-13-11-17(12-14-19)23(29)26-24-28(15-16-32-2)22-20(25)9-6-10-21(22)33-24/h6,9-14,18H,3-5,7-8,15-16H2,1-2H3. The number of benzene rings is 2. The van der Waals surface area contributed by atoms with Gasteiger partial charge in [-0.15, -0.1) is 0 Å². The summed E-state index contributed by atoms with van der Waals surface area (Å²) in [7, 11) is -0.471. The van der Waals surface area contributed by atoms with Crippen LogP contribution in [-0.2, 0) is 21.3 Å². The predicted octanol–water partition coefficient (Wildman–Crippen LogP) is 4.18. The summed E-state index contributed by atoms with van der Waals surface area (Å²) in [6.07, 6.45) is 4.94. The van der Waals surface area contributed by atoms with Crippen LogP contribution < -0.4 is 4.80 Å². The molecule has 182 valence electrons. The molecule has 3 aromatic rings. The molecule has 0 aliphatic heterocycles. The lowest BCUT2D eigenvalue weighted by Gasteiger charge is -2.30. The van der Waals surface area contributed by atoms with E-state index in [4.69, 9.17) is 4.74 Å². The van der Waals surface area contributed by atoms with Gasteiger partial charge in [0.15, 0.2) is 4.80 Å². The van der Waals surface area contributed by atoms with Crippen molar-refractivity contribution in [1.29, 1.82) is 0 Å². The van der Waals surface area contributed by atoms with Crippen molar-refractivity contribution in [3.05, 3.63) is 58.6 Å². The maximum atomic E-state index is 14.5. The molecule has 0 unspecified atom stereocenters. The molecule has 2 aromatic carbocycles. The molecule has 1 saturated carbocycles. The van der Waals surface area contributed by atoms with Crippen LogP contribution in [0.1, 0.15) is 42.5 Å². The van der Waals surface area contributed by atoms with Gasteiger partial charge in [0.1, 0.15) is 5.82 Å². The number of carbonyl (C=O) groups excluding carboxylic acids is 1. The Morgan fingerprint density at radius 2 is 1.88 bits per heavy atom. The maximum Gasteiger partial charge on any atom is 0.279 e. The van der Waals surface area contributed by atoms with Gasteiger partial charge in [0.05, 0.1) is 21.7 Å². The quantitative estimate of drug-likeness (QED) is 0.482. The van der Waals surface area contributed by atoms with Gasteiger partial charge in [0.25, 0.3) is 5.91 Å². The number of halogens is 1. The van der Waals surface area contributed by atoms with Gasteiger partial charge in [-0.1, -0.05) is 36.7 Å². The van der Waals surface area contributed by atoms with Crippen molar-refractivity contribution < 1.29 is 22.3 Å². The summed E-state index contributed by atoms with van der Waals surface area (Å²) in [6.45, 7) is 0.677. The zero-order valence-electron chi connectivity index (χ0n) is 19.2. The average Bonchev–Trinajstić information content (AvgIpc) is 3.20. The van der Waals surface area contributed by atoms with E-state index in [2.05, 4.69) is 4.99 Å². The van der Waals surface area contributed by atoms with Crippen LogP contribution in [0.5, 0.6) is 0 Å². The highest BCUT2D eigenvalue weighted by Gasteiger charge is 2.29.